The van der Waals surface area contributed by atoms with Crippen molar-refractivity contribution in [2.45, 2.75) is 20.3 Å². The van der Waals surface area contributed by atoms with Crippen LogP contribution >= 0.6 is 0 Å². The van der Waals surface area contributed by atoms with Crippen LogP contribution in [0.3, 0.4) is 0 Å². The van der Waals surface area contributed by atoms with Gasteiger partial charge in [0.05, 0.1) is 13.2 Å². The molecule has 1 aromatic carbocycles. The molecule has 0 aliphatic rings. The molecule has 1 aromatic rings. The van der Waals surface area contributed by atoms with Gasteiger partial charge >= 0.3 is 0 Å². The highest BCUT2D eigenvalue weighted by Crippen LogP contribution is 2.30. The molecule has 0 radical (unpaired) electrons. The summed E-state index contributed by atoms with van der Waals surface area (Å²) in [5, 5.41) is 9.51. The van der Waals surface area contributed by atoms with Crippen molar-refractivity contribution >= 4 is 0 Å². The number of aliphatic hydroxyl groups excluding tert-OH is 1. The highest BCUT2D eigenvalue weighted by Gasteiger charge is 2.31. The van der Waals surface area contributed by atoms with Crippen LogP contribution in [-0.2, 0) is 0 Å². The Bertz CT molecular complexity index is 307. The Kier molecular flexibility index (Phi) is 5.45. The van der Waals surface area contributed by atoms with E-state index in [2.05, 4.69) is 13.8 Å². The Hall–Kier alpha value is -1.06. The molecule has 96 valence electrons. The second kappa shape index (κ2) is 6.62. The summed E-state index contributed by atoms with van der Waals surface area (Å²) in [6.07, 6.45) is 0.770. The third kappa shape index (κ3) is 3.72. The highest BCUT2D eigenvalue weighted by atomic mass is 16.5. The Labute approximate surface area is 104 Å². The molecular formula is C14H23NO2. The molecule has 0 fully saturated rings. The number of benzene rings is 1. The third-order valence-corrected chi connectivity index (χ3v) is 3.56. The SMILES string of the molecule is CC(C)C(CN)(CO)CCOc1ccccc1. The second-order valence-electron chi connectivity index (χ2n) is 4.79. The molecule has 0 saturated heterocycles. The van der Waals surface area contributed by atoms with Crippen LogP contribution in [0.15, 0.2) is 30.3 Å². The molecule has 3 nitrogen and oxygen atoms in total. The van der Waals surface area contributed by atoms with Crippen molar-refractivity contribution < 1.29 is 9.84 Å². The van der Waals surface area contributed by atoms with Crippen molar-refractivity contribution in [3.05, 3.63) is 30.3 Å². The molecular weight excluding hydrogens is 214 g/mol. The van der Waals surface area contributed by atoms with Gasteiger partial charge in [-0.3, -0.25) is 0 Å². The van der Waals surface area contributed by atoms with E-state index in [4.69, 9.17) is 10.5 Å². The lowest BCUT2D eigenvalue weighted by atomic mass is 9.75. The van der Waals surface area contributed by atoms with Gasteiger partial charge in [-0.15, -0.1) is 0 Å². The Morgan fingerprint density at radius 2 is 1.94 bits per heavy atom. The summed E-state index contributed by atoms with van der Waals surface area (Å²) in [6, 6.07) is 9.70. The second-order valence-corrected chi connectivity index (χ2v) is 4.79. The number of nitrogens with two attached hydrogens (primary N) is 1. The van der Waals surface area contributed by atoms with Gasteiger partial charge in [0, 0.05) is 12.0 Å². The van der Waals surface area contributed by atoms with Crippen LogP contribution < -0.4 is 10.5 Å². The van der Waals surface area contributed by atoms with E-state index in [9.17, 15) is 5.11 Å². The zero-order valence-electron chi connectivity index (χ0n) is 10.7. The van der Waals surface area contributed by atoms with E-state index in [1.165, 1.54) is 0 Å². The van der Waals surface area contributed by atoms with Gasteiger partial charge in [-0.1, -0.05) is 32.0 Å². The fourth-order valence-electron chi connectivity index (χ4n) is 1.84. The molecule has 0 spiro atoms. The zero-order chi connectivity index (χ0) is 12.7. The fraction of sp³-hybridized carbons (Fsp3) is 0.571. The van der Waals surface area contributed by atoms with Gasteiger partial charge in [-0.2, -0.15) is 0 Å². The summed E-state index contributed by atoms with van der Waals surface area (Å²) in [7, 11) is 0. The molecule has 1 unspecified atom stereocenters. The molecule has 1 rings (SSSR count). The van der Waals surface area contributed by atoms with Gasteiger partial charge in [0.15, 0.2) is 0 Å². The summed E-state index contributed by atoms with van der Waals surface area (Å²) in [5.41, 5.74) is 5.56. The van der Waals surface area contributed by atoms with Crippen LogP contribution in [0, 0.1) is 11.3 Å². The minimum Gasteiger partial charge on any atom is -0.494 e. The van der Waals surface area contributed by atoms with Crippen molar-refractivity contribution in [2.24, 2.45) is 17.1 Å². The Balaban J connectivity index is 2.48. The molecule has 0 bridgehead atoms. The number of hydrogen-bond donors (Lipinski definition) is 2. The lowest BCUT2D eigenvalue weighted by Crippen LogP contribution is -2.40. The maximum atomic E-state index is 9.51. The lowest BCUT2D eigenvalue weighted by molar-refractivity contribution is 0.0596. The molecule has 0 heterocycles. The van der Waals surface area contributed by atoms with E-state index >= 15 is 0 Å². The maximum Gasteiger partial charge on any atom is 0.119 e. The van der Waals surface area contributed by atoms with Crippen LogP contribution in [-0.4, -0.2) is 24.9 Å². The average Bonchev–Trinajstić information content (AvgIpc) is 2.36. The topological polar surface area (TPSA) is 55.5 Å². The number of aliphatic hydroxyl groups is 1. The van der Waals surface area contributed by atoms with E-state index in [-0.39, 0.29) is 12.0 Å². The molecule has 0 aliphatic carbocycles. The predicted octanol–water partition coefficient (Wildman–Crippen LogP) is 2.05. The first kappa shape index (κ1) is 14.0. The van der Waals surface area contributed by atoms with Crippen LogP contribution in [0.4, 0.5) is 0 Å². The largest absolute Gasteiger partial charge is 0.494 e. The van der Waals surface area contributed by atoms with Crippen molar-refractivity contribution in [3.8, 4) is 5.75 Å². The average molecular weight is 237 g/mol. The number of rotatable bonds is 7. The van der Waals surface area contributed by atoms with E-state index in [1.54, 1.807) is 0 Å². The van der Waals surface area contributed by atoms with Crippen LogP contribution in [0.1, 0.15) is 20.3 Å². The normalized spacial score (nSPS) is 14.6. The van der Waals surface area contributed by atoms with Crippen molar-refractivity contribution in [2.75, 3.05) is 19.8 Å². The van der Waals surface area contributed by atoms with Crippen LogP contribution in [0.2, 0.25) is 0 Å². The van der Waals surface area contributed by atoms with E-state index in [0.29, 0.717) is 19.1 Å². The summed E-state index contributed by atoms with van der Waals surface area (Å²) < 4.78 is 5.65. The third-order valence-electron chi connectivity index (χ3n) is 3.56. The minimum absolute atomic E-state index is 0.110. The molecule has 17 heavy (non-hydrogen) atoms. The molecule has 3 heteroatoms. The zero-order valence-corrected chi connectivity index (χ0v) is 10.7. The smallest absolute Gasteiger partial charge is 0.119 e. The van der Waals surface area contributed by atoms with Gasteiger partial charge in [0.1, 0.15) is 5.75 Å². The van der Waals surface area contributed by atoms with E-state index < -0.39 is 0 Å². The Morgan fingerprint density at radius 3 is 2.41 bits per heavy atom. The summed E-state index contributed by atoms with van der Waals surface area (Å²) in [5.74, 6) is 1.21. The molecule has 3 N–H and O–H groups in total. The lowest BCUT2D eigenvalue weighted by Gasteiger charge is -2.34. The van der Waals surface area contributed by atoms with E-state index in [0.717, 1.165) is 12.2 Å². The molecule has 0 aliphatic heterocycles. The summed E-state index contributed by atoms with van der Waals surface area (Å²) in [4.78, 5) is 0. The maximum absolute atomic E-state index is 9.51. The van der Waals surface area contributed by atoms with Crippen LogP contribution in [0.25, 0.3) is 0 Å². The van der Waals surface area contributed by atoms with Gasteiger partial charge in [0.2, 0.25) is 0 Å². The first-order chi connectivity index (χ1) is 8.14. The van der Waals surface area contributed by atoms with Gasteiger partial charge in [-0.05, 0) is 24.5 Å². The van der Waals surface area contributed by atoms with Crippen molar-refractivity contribution in [1.82, 2.24) is 0 Å². The number of para-hydroxylation sites is 1. The fourth-order valence-corrected chi connectivity index (χ4v) is 1.84. The summed E-state index contributed by atoms with van der Waals surface area (Å²) in [6.45, 7) is 5.36. The molecule has 1 atom stereocenters. The van der Waals surface area contributed by atoms with Crippen molar-refractivity contribution in [3.63, 3.8) is 0 Å². The summed E-state index contributed by atoms with van der Waals surface area (Å²) >= 11 is 0. The van der Waals surface area contributed by atoms with Crippen molar-refractivity contribution in [1.29, 1.82) is 0 Å². The molecule has 0 amide bonds. The molecule has 0 saturated carbocycles. The monoisotopic (exact) mass is 237 g/mol. The number of ether oxygens (including phenoxy) is 1. The first-order valence-corrected chi connectivity index (χ1v) is 6.13. The number of hydrogen-bond acceptors (Lipinski definition) is 3. The van der Waals surface area contributed by atoms with Gasteiger partial charge in [0.25, 0.3) is 0 Å². The van der Waals surface area contributed by atoms with Gasteiger partial charge in [-0.25, -0.2) is 0 Å². The van der Waals surface area contributed by atoms with Crippen LogP contribution in [0.5, 0.6) is 5.75 Å². The predicted molar refractivity (Wildman–Crippen MR) is 70.0 cm³/mol. The van der Waals surface area contributed by atoms with E-state index in [1.807, 2.05) is 30.3 Å². The Morgan fingerprint density at radius 1 is 1.29 bits per heavy atom. The highest BCUT2D eigenvalue weighted by molar-refractivity contribution is 5.20. The standard InChI is InChI=1S/C14H23NO2/c1-12(2)14(10-15,11-16)8-9-17-13-6-4-3-5-7-13/h3-7,12,16H,8-11,15H2,1-2H3. The van der Waals surface area contributed by atoms with Gasteiger partial charge < -0.3 is 15.6 Å². The quantitative estimate of drug-likeness (QED) is 0.763. The first-order valence-electron chi connectivity index (χ1n) is 6.13. The molecule has 0 aromatic heterocycles. The minimum atomic E-state index is -0.227.